The minimum atomic E-state index is -0.781. The number of aryl methyl sites for hydroxylation is 1. The van der Waals surface area contributed by atoms with E-state index >= 15 is 0 Å². The van der Waals surface area contributed by atoms with Gasteiger partial charge in [-0.1, -0.05) is 53.5 Å². The minimum absolute atomic E-state index is 0.450. The lowest BCUT2D eigenvalue weighted by Crippen LogP contribution is -2.44. The Kier molecular flexibility index (Phi) is 5.71. The van der Waals surface area contributed by atoms with Crippen LogP contribution in [0.1, 0.15) is 35.6 Å². The summed E-state index contributed by atoms with van der Waals surface area (Å²) in [5, 5.41) is 22.4. The summed E-state index contributed by atoms with van der Waals surface area (Å²) < 4.78 is 0. The van der Waals surface area contributed by atoms with Crippen molar-refractivity contribution in [1.29, 1.82) is 0 Å². The van der Waals surface area contributed by atoms with Gasteiger partial charge < -0.3 is 15.1 Å². The third kappa shape index (κ3) is 4.18. The molecule has 25 heavy (non-hydrogen) atoms. The molecule has 0 aliphatic carbocycles. The highest BCUT2D eigenvalue weighted by Gasteiger charge is 2.35. The maximum Gasteiger partial charge on any atom is 0.0923 e. The average molecular weight is 380 g/mol. The summed E-state index contributed by atoms with van der Waals surface area (Å²) in [5.41, 5.74) is 2.11. The topological polar surface area (TPSA) is 43.7 Å². The number of hydrogen-bond donors (Lipinski definition) is 2. The van der Waals surface area contributed by atoms with Crippen LogP contribution in [0.25, 0.3) is 0 Å². The van der Waals surface area contributed by atoms with E-state index in [4.69, 9.17) is 23.2 Å². The Morgan fingerprint density at radius 3 is 2.40 bits per heavy atom. The van der Waals surface area contributed by atoms with Crippen LogP contribution in [0.4, 0.5) is 0 Å². The summed E-state index contributed by atoms with van der Waals surface area (Å²) in [5.74, 6) is 0. The first kappa shape index (κ1) is 18.7. The molecule has 3 rings (SSSR count). The van der Waals surface area contributed by atoms with E-state index in [-0.39, 0.29) is 0 Å². The van der Waals surface area contributed by atoms with Crippen molar-refractivity contribution >= 4 is 23.2 Å². The lowest BCUT2D eigenvalue weighted by molar-refractivity contribution is -0.0348. The fraction of sp³-hybridized carbons (Fsp3) is 0.400. The van der Waals surface area contributed by atoms with Crippen LogP contribution in [-0.4, -0.2) is 34.7 Å². The van der Waals surface area contributed by atoms with Crippen LogP contribution < -0.4 is 0 Å². The molecule has 2 aromatic rings. The van der Waals surface area contributed by atoms with Gasteiger partial charge in [0.15, 0.2) is 0 Å². The molecule has 2 N–H and O–H groups in total. The molecular weight excluding hydrogens is 357 g/mol. The van der Waals surface area contributed by atoms with Crippen LogP contribution in [0.2, 0.25) is 10.0 Å². The molecule has 1 aliphatic rings. The van der Waals surface area contributed by atoms with Crippen LogP contribution in [0, 0.1) is 6.92 Å². The highest BCUT2D eigenvalue weighted by atomic mass is 35.5. The highest BCUT2D eigenvalue weighted by Crippen LogP contribution is 2.35. The van der Waals surface area contributed by atoms with Gasteiger partial charge in [0.2, 0.25) is 0 Å². The number of β-amino-alcohol motifs (C(OH)–C–C–N with tert-alkyl or cyclic N) is 1. The van der Waals surface area contributed by atoms with Crippen molar-refractivity contribution in [2.45, 2.75) is 31.5 Å². The molecule has 3 nitrogen and oxygen atoms in total. The zero-order valence-electron chi connectivity index (χ0n) is 14.3. The molecule has 0 spiro atoms. The number of benzene rings is 2. The fourth-order valence-electron chi connectivity index (χ4n) is 3.54. The number of rotatable bonds is 4. The zero-order chi connectivity index (χ0) is 18.0. The van der Waals surface area contributed by atoms with E-state index in [1.807, 2.05) is 31.2 Å². The Bertz CT molecular complexity index is 742. The molecule has 0 radical (unpaired) electrons. The van der Waals surface area contributed by atoms with E-state index in [2.05, 4.69) is 4.90 Å². The van der Waals surface area contributed by atoms with E-state index in [1.165, 1.54) is 0 Å². The Morgan fingerprint density at radius 2 is 1.76 bits per heavy atom. The lowest BCUT2D eigenvalue weighted by atomic mass is 9.82. The first-order valence-electron chi connectivity index (χ1n) is 8.53. The van der Waals surface area contributed by atoms with E-state index in [0.29, 0.717) is 29.4 Å². The summed E-state index contributed by atoms with van der Waals surface area (Å²) >= 11 is 12.0. The number of halogens is 2. The van der Waals surface area contributed by atoms with Gasteiger partial charge in [-0.05, 0) is 48.6 Å². The largest absolute Gasteiger partial charge is 0.387 e. The summed E-state index contributed by atoms with van der Waals surface area (Å²) in [6.45, 7) is 4.03. The van der Waals surface area contributed by atoms with Gasteiger partial charge in [0.05, 0.1) is 21.8 Å². The van der Waals surface area contributed by atoms with Gasteiger partial charge in [-0.15, -0.1) is 0 Å². The van der Waals surface area contributed by atoms with Crippen molar-refractivity contribution in [3.63, 3.8) is 0 Å². The summed E-state index contributed by atoms with van der Waals surface area (Å²) in [6.07, 6.45) is 0.692. The quantitative estimate of drug-likeness (QED) is 0.831. The first-order chi connectivity index (χ1) is 11.9. The Balaban J connectivity index is 1.62. The van der Waals surface area contributed by atoms with Crippen LogP contribution >= 0.6 is 23.2 Å². The molecule has 5 heteroatoms. The second-order valence-corrected chi connectivity index (χ2v) is 7.65. The van der Waals surface area contributed by atoms with Crippen molar-refractivity contribution in [3.8, 4) is 0 Å². The van der Waals surface area contributed by atoms with Crippen LogP contribution in [0.3, 0.4) is 0 Å². The van der Waals surface area contributed by atoms with Crippen molar-refractivity contribution in [2.24, 2.45) is 0 Å². The third-order valence-corrected chi connectivity index (χ3v) is 5.83. The van der Waals surface area contributed by atoms with Crippen LogP contribution in [-0.2, 0) is 5.60 Å². The Hall–Kier alpha value is -1.10. The number of piperidine rings is 1. The molecular formula is C20H23Cl2NO2. The molecule has 0 saturated carbocycles. The van der Waals surface area contributed by atoms with Gasteiger partial charge in [0, 0.05) is 19.6 Å². The number of likely N-dealkylation sites (tertiary alicyclic amines) is 1. The number of aliphatic hydroxyl groups is 2. The summed E-state index contributed by atoms with van der Waals surface area (Å²) in [4.78, 5) is 2.18. The molecule has 1 fully saturated rings. The molecule has 2 aromatic carbocycles. The molecule has 1 heterocycles. The first-order valence-corrected chi connectivity index (χ1v) is 9.28. The van der Waals surface area contributed by atoms with E-state index in [9.17, 15) is 10.2 Å². The number of nitrogens with zero attached hydrogens (tertiary/aromatic N) is 1. The van der Waals surface area contributed by atoms with Crippen molar-refractivity contribution < 1.29 is 10.2 Å². The number of hydrogen-bond acceptors (Lipinski definition) is 3. The predicted octanol–water partition coefficient (Wildman–Crippen LogP) is 4.32. The van der Waals surface area contributed by atoms with Crippen molar-refractivity contribution in [3.05, 3.63) is 69.2 Å². The summed E-state index contributed by atoms with van der Waals surface area (Å²) in [6, 6.07) is 13.2. The van der Waals surface area contributed by atoms with Crippen LogP contribution in [0.15, 0.2) is 42.5 Å². The molecule has 0 unspecified atom stereocenters. The van der Waals surface area contributed by atoms with E-state index in [0.717, 1.165) is 29.8 Å². The molecule has 1 aliphatic heterocycles. The van der Waals surface area contributed by atoms with Crippen LogP contribution in [0.5, 0.6) is 0 Å². The second kappa shape index (κ2) is 7.65. The van der Waals surface area contributed by atoms with Gasteiger partial charge >= 0.3 is 0 Å². The molecule has 1 saturated heterocycles. The van der Waals surface area contributed by atoms with E-state index in [1.54, 1.807) is 18.2 Å². The Labute approximate surface area is 158 Å². The summed E-state index contributed by atoms with van der Waals surface area (Å²) in [7, 11) is 0. The predicted molar refractivity (Wildman–Crippen MR) is 102 cm³/mol. The van der Waals surface area contributed by atoms with Crippen molar-refractivity contribution in [2.75, 3.05) is 19.6 Å². The van der Waals surface area contributed by atoms with Gasteiger partial charge in [0.1, 0.15) is 0 Å². The maximum atomic E-state index is 11.0. The highest BCUT2D eigenvalue weighted by molar-refractivity contribution is 6.42. The monoisotopic (exact) mass is 379 g/mol. The Morgan fingerprint density at radius 1 is 1.08 bits per heavy atom. The standard InChI is InChI=1S/C20H23Cl2NO2/c1-14-4-2-3-5-16(14)20(25)8-10-23(11-9-20)13-19(24)15-6-7-17(21)18(22)12-15/h2-7,12,19,24-25H,8-11,13H2,1H3/t19-/m1/s1. The average Bonchev–Trinajstić information content (AvgIpc) is 2.60. The minimum Gasteiger partial charge on any atom is -0.387 e. The zero-order valence-corrected chi connectivity index (χ0v) is 15.8. The maximum absolute atomic E-state index is 11.0. The lowest BCUT2D eigenvalue weighted by Gasteiger charge is -2.39. The van der Waals surface area contributed by atoms with Gasteiger partial charge in [-0.25, -0.2) is 0 Å². The smallest absolute Gasteiger partial charge is 0.0923 e. The fourth-order valence-corrected chi connectivity index (χ4v) is 3.85. The molecule has 0 amide bonds. The van der Waals surface area contributed by atoms with E-state index < -0.39 is 11.7 Å². The van der Waals surface area contributed by atoms with Gasteiger partial charge in [-0.2, -0.15) is 0 Å². The van der Waals surface area contributed by atoms with Gasteiger partial charge in [0.25, 0.3) is 0 Å². The van der Waals surface area contributed by atoms with Crippen molar-refractivity contribution in [1.82, 2.24) is 4.90 Å². The second-order valence-electron chi connectivity index (χ2n) is 6.84. The number of aliphatic hydroxyl groups excluding tert-OH is 1. The molecule has 1 atom stereocenters. The SMILES string of the molecule is Cc1ccccc1C1(O)CCN(C[C@@H](O)c2ccc(Cl)c(Cl)c2)CC1. The van der Waals surface area contributed by atoms with Gasteiger partial charge in [-0.3, -0.25) is 0 Å². The molecule has 134 valence electrons. The normalized spacial score (nSPS) is 18.9. The third-order valence-electron chi connectivity index (χ3n) is 5.09. The molecule has 0 aromatic heterocycles. The molecule has 0 bridgehead atoms.